The van der Waals surface area contributed by atoms with E-state index in [9.17, 15) is 0 Å². The Hall–Kier alpha value is -0.800. The van der Waals surface area contributed by atoms with Crippen LogP contribution < -0.4 is 5.73 Å². The Kier molecular flexibility index (Phi) is 2.85. The highest BCUT2D eigenvalue weighted by atomic mass is 16.3. The summed E-state index contributed by atoms with van der Waals surface area (Å²) in [6.07, 6.45) is 1.06. The van der Waals surface area contributed by atoms with E-state index >= 15 is 0 Å². The fourth-order valence-electron chi connectivity index (χ4n) is 2.41. The number of hydrogen-bond acceptors (Lipinski definition) is 3. The highest BCUT2D eigenvalue weighted by Crippen LogP contribution is 2.33. The highest BCUT2D eigenvalue weighted by Gasteiger charge is 2.36. The van der Waals surface area contributed by atoms with E-state index in [1.165, 1.54) is 0 Å². The molecule has 0 bridgehead atoms. The predicted octanol–water partition coefficient (Wildman–Crippen LogP) is 2.07. The number of aryl methyl sites for hydroxylation is 1. The van der Waals surface area contributed by atoms with Gasteiger partial charge in [-0.15, -0.1) is 0 Å². The predicted molar refractivity (Wildman–Crippen MR) is 60.6 cm³/mol. The van der Waals surface area contributed by atoms with E-state index in [0.29, 0.717) is 6.04 Å². The van der Waals surface area contributed by atoms with Gasteiger partial charge >= 0.3 is 0 Å². The smallest absolute Gasteiger partial charge is 0.122 e. The molecule has 2 heterocycles. The van der Waals surface area contributed by atoms with Crippen molar-refractivity contribution >= 4 is 0 Å². The van der Waals surface area contributed by atoms with Gasteiger partial charge in [0.05, 0.1) is 6.04 Å². The van der Waals surface area contributed by atoms with Gasteiger partial charge in [0.2, 0.25) is 0 Å². The molecule has 1 aliphatic rings. The molecule has 3 heteroatoms. The minimum absolute atomic E-state index is 0.206. The van der Waals surface area contributed by atoms with Crippen molar-refractivity contribution in [3.05, 3.63) is 23.7 Å². The SMILES string of the molecule is Cc1ccc(C2C(N)CCN2C(C)C)o1. The molecule has 1 aliphatic heterocycles. The second-order valence-corrected chi connectivity index (χ2v) is 4.68. The van der Waals surface area contributed by atoms with E-state index in [1.54, 1.807) is 0 Å². The van der Waals surface area contributed by atoms with Crippen molar-refractivity contribution in [3.63, 3.8) is 0 Å². The number of furan rings is 1. The second-order valence-electron chi connectivity index (χ2n) is 4.68. The third kappa shape index (κ3) is 1.94. The van der Waals surface area contributed by atoms with Gasteiger partial charge in [-0.05, 0) is 39.3 Å². The lowest BCUT2D eigenvalue weighted by atomic mass is 10.1. The molecule has 0 aliphatic carbocycles. The van der Waals surface area contributed by atoms with Gasteiger partial charge in [-0.1, -0.05) is 0 Å². The zero-order chi connectivity index (χ0) is 11.0. The Morgan fingerprint density at radius 3 is 2.73 bits per heavy atom. The largest absolute Gasteiger partial charge is 0.465 e. The number of rotatable bonds is 2. The average Bonchev–Trinajstić information content (AvgIpc) is 2.71. The summed E-state index contributed by atoms with van der Waals surface area (Å²) in [5.74, 6) is 1.99. The molecule has 2 N–H and O–H groups in total. The van der Waals surface area contributed by atoms with Crippen LogP contribution in [0.1, 0.15) is 37.8 Å². The molecule has 3 nitrogen and oxygen atoms in total. The number of hydrogen-bond donors (Lipinski definition) is 1. The van der Waals surface area contributed by atoms with Crippen LogP contribution in [0, 0.1) is 6.92 Å². The highest BCUT2D eigenvalue weighted by molar-refractivity contribution is 5.14. The summed E-state index contributed by atoms with van der Waals surface area (Å²) in [7, 11) is 0. The summed E-state index contributed by atoms with van der Waals surface area (Å²) in [6.45, 7) is 7.47. The van der Waals surface area contributed by atoms with E-state index in [2.05, 4.69) is 24.8 Å². The first-order chi connectivity index (χ1) is 7.09. The lowest BCUT2D eigenvalue weighted by Gasteiger charge is -2.28. The maximum atomic E-state index is 6.15. The van der Waals surface area contributed by atoms with Gasteiger partial charge in [-0.25, -0.2) is 0 Å². The van der Waals surface area contributed by atoms with Crippen molar-refractivity contribution < 1.29 is 4.42 Å². The summed E-state index contributed by atoms with van der Waals surface area (Å²) in [6, 6.07) is 5.06. The van der Waals surface area contributed by atoms with E-state index in [-0.39, 0.29) is 12.1 Å². The van der Waals surface area contributed by atoms with Gasteiger partial charge in [0.1, 0.15) is 11.5 Å². The molecule has 1 fully saturated rings. The molecule has 0 radical (unpaired) electrons. The molecule has 2 rings (SSSR count). The van der Waals surface area contributed by atoms with Gasteiger partial charge in [-0.2, -0.15) is 0 Å². The maximum absolute atomic E-state index is 6.15. The Morgan fingerprint density at radius 2 is 2.20 bits per heavy atom. The fourth-order valence-corrected chi connectivity index (χ4v) is 2.41. The standard InChI is InChI=1S/C12H20N2O/c1-8(2)14-7-6-10(13)12(14)11-5-4-9(3)15-11/h4-5,8,10,12H,6-7,13H2,1-3H3. The van der Waals surface area contributed by atoms with Crippen LogP contribution in [0.4, 0.5) is 0 Å². The second kappa shape index (κ2) is 3.99. The van der Waals surface area contributed by atoms with E-state index in [4.69, 9.17) is 10.2 Å². The van der Waals surface area contributed by atoms with Crippen LogP contribution >= 0.6 is 0 Å². The number of nitrogens with two attached hydrogens (primary N) is 1. The monoisotopic (exact) mass is 208 g/mol. The molecule has 1 aromatic rings. The summed E-state index contributed by atoms with van der Waals surface area (Å²) in [4.78, 5) is 2.42. The lowest BCUT2D eigenvalue weighted by molar-refractivity contribution is 0.175. The van der Waals surface area contributed by atoms with Gasteiger partial charge < -0.3 is 10.2 Å². The first-order valence-corrected chi connectivity index (χ1v) is 5.67. The zero-order valence-electron chi connectivity index (χ0n) is 9.73. The summed E-state index contributed by atoms with van der Waals surface area (Å²) >= 11 is 0. The average molecular weight is 208 g/mol. The van der Waals surface area contributed by atoms with Crippen LogP contribution in [0.15, 0.2) is 16.5 Å². The minimum atomic E-state index is 0.206. The van der Waals surface area contributed by atoms with Gasteiger partial charge in [0.15, 0.2) is 0 Å². The Labute approximate surface area is 91.2 Å². The fraction of sp³-hybridized carbons (Fsp3) is 0.667. The van der Waals surface area contributed by atoms with Crippen molar-refractivity contribution in [2.75, 3.05) is 6.54 Å². The van der Waals surface area contributed by atoms with Crippen LogP contribution in [0.2, 0.25) is 0 Å². The normalized spacial score (nSPS) is 27.8. The Balaban J connectivity index is 2.24. The number of likely N-dealkylation sites (tertiary alicyclic amines) is 1. The molecule has 2 atom stereocenters. The molecule has 2 unspecified atom stereocenters. The van der Waals surface area contributed by atoms with Crippen LogP contribution in [0.25, 0.3) is 0 Å². The zero-order valence-corrected chi connectivity index (χ0v) is 9.73. The topological polar surface area (TPSA) is 42.4 Å². The quantitative estimate of drug-likeness (QED) is 0.809. The van der Waals surface area contributed by atoms with Crippen LogP contribution in [0.3, 0.4) is 0 Å². The van der Waals surface area contributed by atoms with Crippen molar-refractivity contribution in [1.82, 2.24) is 4.90 Å². The van der Waals surface area contributed by atoms with Crippen LogP contribution in [-0.4, -0.2) is 23.5 Å². The third-order valence-electron chi connectivity index (χ3n) is 3.20. The Morgan fingerprint density at radius 1 is 1.47 bits per heavy atom. The first-order valence-electron chi connectivity index (χ1n) is 5.67. The van der Waals surface area contributed by atoms with Gasteiger partial charge in [-0.3, -0.25) is 4.90 Å². The molecule has 84 valence electrons. The molecular weight excluding hydrogens is 188 g/mol. The molecule has 0 spiro atoms. The van der Waals surface area contributed by atoms with Crippen molar-refractivity contribution in [2.45, 2.75) is 45.3 Å². The molecule has 15 heavy (non-hydrogen) atoms. The molecule has 0 amide bonds. The van der Waals surface area contributed by atoms with Gasteiger partial charge in [0.25, 0.3) is 0 Å². The summed E-state index contributed by atoms with van der Waals surface area (Å²) < 4.78 is 5.70. The Bertz CT molecular complexity index is 332. The van der Waals surface area contributed by atoms with E-state index in [1.807, 2.05) is 13.0 Å². The summed E-state index contributed by atoms with van der Waals surface area (Å²) in [5, 5.41) is 0. The molecule has 0 aromatic carbocycles. The maximum Gasteiger partial charge on any atom is 0.122 e. The van der Waals surface area contributed by atoms with Crippen molar-refractivity contribution in [1.29, 1.82) is 0 Å². The van der Waals surface area contributed by atoms with Crippen molar-refractivity contribution in [3.8, 4) is 0 Å². The lowest BCUT2D eigenvalue weighted by Crippen LogP contribution is -2.35. The third-order valence-corrected chi connectivity index (χ3v) is 3.20. The molecule has 1 saturated heterocycles. The van der Waals surface area contributed by atoms with Crippen LogP contribution in [-0.2, 0) is 0 Å². The summed E-state index contributed by atoms with van der Waals surface area (Å²) in [5.41, 5.74) is 6.15. The minimum Gasteiger partial charge on any atom is -0.465 e. The van der Waals surface area contributed by atoms with Gasteiger partial charge in [0, 0.05) is 18.6 Å². The molecular formula is C12H20N2O. The van der Waals surface area contributed by atoms with E-state index in [0.717, 1.165) is 24.5 Å². The van der Waals surface area contributed by atoms with Crippen LogP contribution in [0.5, 0.6) is 0 Å². The molecule has 1 aromatic heterocycles. The number of nitrogens with zero attached hydrogens (tertiary/aromatic N) is 1. The van der Waals surface area contributed by atoms with Crippen molar-refractivity contribution in [2.24, 2.45) is 5.73 Å². The first kappa shape index (κ1) is 10.7. The molecule has 0 saturated carbocycles. The van der Waals surface area contributed by atoms with E-state index < -0.39 is 0 Å².